The van der Waals surface area contributed by atoms with E-state index in [0.29, 0.717) is 42.3 Å². The van der Waals surface area contributed by atoms with Gasteiger partial charge in [0.1, 0.15) is 0 Å². The van der Waals surface area contributed by atoms with Crippen LogP contribution in [0.3, 0.4) is 0 Å². The predicted octanol–water partition coefficient (Wildman–Crippen LogP) is 5.20. The Morgan fingerprint density at radius 3 is 2.00 bits per heavy atom. The van der Waals surface area contributed by atoms with Crippen LogP contribution in [0.4, 0.5) is 0 Å². The Bertz CT molecular complexity index is 1020. The number of nitriles is 1. The highest BCUT2D eigenvalue weighted by Gasteiger charge is 2.37. The SMILES string of the molecule is COc1ccc(CC(CCCC(C#N)(c2ccc(OC)c(OC)c2)C(C)C)[N+](=O)[O-])cc1OC. The lowest BCUT2D eigenvalue weighted by molar-refractivity contribution is -0.523. The highest BCUT2D eigenvalue weighted by Crippen LogP contribution is 2.41. The van der Waals surface area contributed by atoms with Crippen LogP contribution in [0, 0.1) is 27.4 Å². The smallest absolute Gasteiger partial charge is 0.217 e. The molecule has 0 amide bonds. The molecule has 2 rings (SSSR count). The molecular formula is C26H34N2O6. The van der Waals surface area contributed by atoms with Gasteiger partial charge in [0, 0.05) is 17.8 Å². The Labute approximate surface area is 201 Å². The molecule has 0 bridgehead atoms. The van der Waals surface area contributed by atoms with Gasteiger partial charge >= 0.3 is 0 Å². The molecule has 0 saturated heterocycles. The van der Waals surface area contributed by atoms with Gasteiger partial charge in [0.15, 0.2) is 23.0 Å². The number of rotatable bonds is 13. The first-order chi connectivity index (χ1) is 16.3. The summed E-state index contributed by atoms with van der Waals surface area (Å²) in [6.45, 7) is 3.99. The van der Waals surface area contributed by atoms with Crippen LogP contribution in [0.5, 0.6) is 23.0 Å². The predicted molar refractivity (Wildman–Crippen MR) is 130 cm³/mol. The van der Waals surface area contributed by atoms with E-state index in [-0.39, 0.29) is 17.3 Å². The van der Waals surface area contributed by atoms with Crippen molar-refractivity contribution in [1.29, 1.82) is 5.26 Å². The zero-order valence-electron chi connectivity index (χ0n) is 20.8. The van der Waals surface area contributed by atoms with E-state index < -0.39 is 11.5 Å². The molecule has 8 heteroatoms. The van der Waals surface area contributed by atoms with Gasteiger partial charge in [0.2, 0.25) is 6.04 Å². The summed E-state index contributed by atoms with van der Waals surface area (Å²) in [4.78, 5) is 11.6. The number of nitro groups is 1. The Balaban J connectivity index is 2.22. The van der Waals surface area contributed by atoms with E-state index in [4.69, 9.17) is 18.9 Å². The number of methoxy groups -OCH3 is 4. The van der Waals surface area contributed by atoms with Crippen LogP contribution in [0.1, 0.15) is 44.2 Å². The van der Waals surface area contributed by atoms with Crippen LogP contribution in [0.25, 0.3) is 0 Å². The maximum absolute atomic E-state index is 11.8. The summed E-state index contributed by atoms with van der Waals surface area (Å²) in [5.41, 5.74) is 0.819. The minimum absolute atomic E-state index is 0.00416. The molecule has 2 atom stereocenters. The van der Waals surface area contributed by atoms with Crippen LogP contribution in [0.2, 0.25) is 0 Å². The van der Waals surface area contributed by atoms with Crippen molar-refractivity contribution in [2.45, 2.75) is 51.0 Å². The highest BCUT2D eigenvalue weighted by atomic mass is 16.6. The second-order valence-corrected chi connectivity index (χ2v) is 8.53. The normalized spacial score (nSPS) is 13.5. The molecule has 2 unspecified atom stereocenters. The van der Waals surface area contributed by atoms with E-state index in [0.717, 1.165) is 11.1 Å². The molecule has 0 fully saturated rings. The first-order valence-corrected chi connectivity index (χ1v) is 11.2. The van der Waals surface area contributed by atoms with E-state index in [1.165, 1.54) is 7.11 Å². The molecule has 0 aliphatic heterocycles. The topological polar surface area (TPSA) is 104 Å². The molecule has 0 radical (unpaired) electrons. The molecule has 0 aromatic heterocycles. The van der Waals surface area contributed by atoms with Crippen molar-refractivity contribution in [1.82, 2.24) is 0 Å². The quantitative estimate of drug-likeness (QED) is 0.293. The van der Waals surface area contributed by atoms with Gasteiger partial charge in [-0.3, -0.25) is 10.1 Å². The molecule has 0 heterocycles. The van der Waals surface area contributed by atoms with Crippen LogP contribution < -0.4 is 18.9 Å². The van der Waals surface area contributed by atoms with Crippen molar-refractivity contribution >= 4 is 0 Å². The fourth-order valence-electron chi connectivity index (χ4n) is 4.31. The molecule has 184 valence electrons. The Morgan fingerprint density at radius 2 is 1.50 bits per heavy atom. The van der Waals surface area contributed by atoms with Crippen molar-refractivity contribution < 1.29 is 23.9 Å². The average molecular weight is 471 g/mol. The van der Waals surface area contributed by atoms with Gasteiger partial charge in [-0.05, 0) is 54.2 Å². The Hall–Kier alpha value is -3.47. The van der Waals surface area contributed by atoms with Crippen LogP contribution in [0.15, 0.2) is 36.4 Å². The van der Waals surface area contributed by atoms with Crippen molar-refractivity contribution in [3.63, 3.8) is 0 Å². The van der Waals surface area contributed by atoms with Crippen molar-refractivity contribution in [2.75, 3.05) is 28.4 Å². The van der Waals surface area contributed by atoms with Gasteiger partial charge in [-0.25, -0.2) is 0 Å². The first-order valence-electron chi connectivity index (χ1n) is 11.2. The number of nitrogens with zero attached hydrogens (tertiary/aromatic N) is 2. The second kappa shape index (κ2) is 12.1. The van der Waals surface area contributed by atoms with Crippen LogP contribution in [-0.4, -0.2) is 39.4 Å². The molecule has 34 heavy (non-hydrogen) atoms. The minimum Gasteiger partial charge on any atom is -0.493 e. The van der Waals surface area contributed by atoms with Gasteiger partial charge in [0.25, 0.3) is 0 Å². The van der Waals surface area contributed by atoms with Crippen LogP contribution >= 0.6 is 0 Å². The molecule has 0 aliphatic carbocycles. The minimum atomic E-state index is -0.802. The molecule has 2 aromatic rings. The molecular weight excluding hydrogens is 436 g/mol. The van der Waals surface area contributed by atoms with Crippen LogP contribution in [-0.2, 0) is 11.8 Å². The third kappa shape index (κ3) is 5.90. The van der Waals surface area contributed by atoms with Crippen molar-refractivity contribution in [3.8, 4) is 29.1 Å². The number of hydrogen-bond acceptors (Lipinski definition) is 7. The maximum atomic E-state index is 11.8. The highest BCUT2D eigenvalue weighted by molar-refractivity contribution is 5.47. The molecule has 8 nitrogen and oxygen atoms in total. The standard InChI is InChI=1S/C26H34N2O6/c1-18(2)26(17-27,20-10-12-23(32-4)25(16-20)34-6)13-7-8-21(28(29)30)14-19-9-11-22(31-3)24(15-19)33-5/h9-12,15-16,18,21H,7-8,13-14H2,1-6H3. The van der Waals surface area contributed by atoms with Gasteiger partial charge in [-0.1, -0.05) is 26.0 Å². The lowest BCUT2D eigenvalue weighted by atomic mass is 9.69. The summed E-state index contributed by atoms with van der Waals surface area (Å²) in [5, 5.41) is 22.0. The number of benzene rings is 2. The number of hydrogen-bond donors (Lipinski definition) is 0. The van der Waals surface area contributed by atoms with E-state index >= 15 is 0 Å². The lowest BCUT2D eigenvalue weighted by Crippen LogP contribution is -2.32. The maximum Gasteiger partial charge on any atom is 0.217 e. The third-order valence-corrected chi connectivity index (χ3v) is 6.41. The summed E-state index contributed by atoms with van der Waals surface area (Å²) in [5.74, 6) is 2.26. The molecule has 0 aliphatic rings. The monoisotopic (exact) mass is 470 g/mol. The molecule has 0 spiro atoms. The largest absolute Gasteiger partial charge is 0.493 e. The fourth-order valence-corrected chi connectivity index (χ4v) is 4.31. The fraction of sp³-hybridized carbons (Fsp3) is 0.500. The van der Waals surface area contributed by atoms with Gasteiger partial charge in [0.05, 0.1) is 39.9 Å². The number of ether oxygens (including phenoxy) is 4. The van der Waals surface area contributed by atoms with E-state index in [1.54, 1.807) is 39.5 Å². The lowest BCUT2D eigenvalue weighted by Gasteiger charge is -2.32. The van der Waals surface area contributed by atoms with Gasteiger partial charge in [-0.2, -0.15) is 5.26 Å². The zero-order chi connectivity index (χ0) is 25.3. The summed E-state index contributed by atoms with van der Waals surface area (Å²) in [6, 6.07) is 12.6. The van der Waals surface area contributed by atoms with E-state index in [1.807, 2.05) is 32.0 Å². The third-order valence-electron chi connectivity index (χ3n) is 6.41. The van der Waals surface area contributed by atoms with Crippen molar-refractivity contribution in [2.24, 2.45) is 5.92 Å². The summed E-state index contributed by atoms with van der Waals surface area (Å²) >= 11 is 0. The van der Waals surface area contributed by atoms with E-state index in [2.05, 4.69) is 6.07 Å². The summed E-state index contributed by atoms with van der Waals surface area (Å²) < 4.78 is 21.3. The zero-order valence-corrected chi connectivity index (χ0v) is 20.8. The summed E-state index contributed by atoms with van der Waals surface area (Å²) in [6.07, 6.45) is 1.64. The van der Waals surface area contributed by atoms with E-state index in [9.17, 15) is 15.4 Å². The Kier molecular flexibility index (Phi) is 9.55. The molecule has 0 saturated carbocycles. The first kappa shape index (κ1) is 26.8. The molecule has 0 N–H and O–H groups in total. The van der Waals surface area contributed by atoms with Crippen molar-refractivity contribution in [3.05, 3.63) is 57.6 Å². The Morgan fingerprint density at radius 1 is 0.941 bits per heavy atom. The van der Waals surface area contributed by atoms with Gasteiger partial charge in [-0.15, -0.1) is 0 Å². The van der Waals surface area contributed by atoms with Gasteiger partial charge < -0.3 is 18.9 Å². The average Bonchev–Trinajstić information content (AvgIpc) is 2.85. The molecule has 2 aromatic carbocycles. The second-order valence-electron chi connectivity index (χ2n) is 8.53. The summed E-state index contributed by atoms with van der Waals surface area (Å²) in [7, 11) is 6.20.